The number of benzene rings is 2. The first-order valence-electron chi connectivity index (χ1n) is 7.66. The number of carbonyl (C=O) groups is 2. The molecule has 0 aliphatic carbocycles. The van der Waals surface area contributed by atoms with E-state index in [0.29, 0.717) is 5.56 Å². The van der Waals surface area contributed by atoms with Gasteiger partial charge in [0, 0.05) is 0 Å². The molecule has 0 fully saturated rings. The van der Waals surface area contributed by atoms with Gasteiger partial charge >= 0.3 is 5.97 Å². The van der Waals surface area contributed by atoms with Crippen molar-refractivity contribution >= 4 is 57.0 Å². The van der Waals surface area contributed by atoms with Gasteiger partial charge in [-0.1, -0.05) is 35.3 Å². The summed E-state index contributed by atoms with van der Waals surface area (Å²) < 4.78 is 24.9. The van der Waals surface area contributed by atoms with Gasteiger partial charge in [-0.05, 0) is 35.9 Å². The second kappa shape index (κ2) is 9.05. The largest absolute Gasteiger partial charge is 0.478 e. The molecule has 2 rings (SSSR count). The van der Waals surface area contributed by atoms with Crippen molar-refractivity contribution in [2.24, 2.45) is 5.10 Å². The summed E-state index contributed by atoms with van der Waals surface area (Å²) in [6.07, 6.45) is 2.25. The van der Waals surface area contributed by atoms with Gasteiger partial charge in [0.15, 0.2) is 0 Å². The quantitative estimate of drug-likeness (QED) is 0.503. The minimum Gasteiger partial charge on any atom is -0.478 e. The Morgan fingerprint density at radius 3 is 2.32 bits per heavy atom. The molecule has 0 spiro atoms. The number of hydrogen-bond acceptors (Lipinski definition) is 5. The average Bonchev–Trinajstić information content (AvgIpc) is 2.61. The lowest BCUT2D eigenvalue weighted by molar-refractivity contribution is -0.119. The number of carbonyl (C=O) groups excluding carboxylic acids is 1. The van der Waals surface area contributed by atoms with Crippen molar-refractivity contribution in [2.75, 3.05) is 17.1 Å². The molecule has 8 nitrogen and oxygen atoms in total. The lowest BCUT2D eigenvalue weighted by Crippen LogP contribution is -2.39. The molecular formula is C17H15Cl2N3O5S. The van der Waals surface area contributed by atoms with Crippen LogP contribution in [0.5, 0.6) is 0 Å². The molecule has 2 N–H and O–H groups in total. The Morgan fingerprint density at radius 2 is 1.79 bits per heavy atom. The zero-order valence-corrected chi connectivity index (χ0v) is 16.8. The second-order valence-electron chi connectivity index (χ2n) is 5.59. The number of carboxylic acids is 1. The van der Waals surface area contributed by atoms with E-state index in [1.54, 1.807) is 0 Å². The van der Waals surface area contributed by atoms with Crippen LogP contribution in [0, 0.1) is 0 Å². The first-order chi connectivity index (χ1) is 13.1. The first kappa shape index (κ1) is 21.7. The lowest BCUT2D eigenvalue weighted by Gasteiger charge is -2.21. The van der Waals surface area contributed by atoms with E-state index in [1.165, 1.54) is 48.7 Å². The molecule has 0 atom stereocenters. The van der Waals surface area contributed by atoms with E-state index in [4.69, 9.17) is 28.3 Å². The topological polar surface area (TPSA) is 116 Å². The Balaban J connectivity index is 2.07. The van der Waals surface area contributed by atoms with Crippen molar-refractivity contribution in [3.8, 4) is 0 Å². The van der Waals surface area contributed by atoms with Crippen LogP contribution in [0.1, 0.15) is 15.9 Å². The molecule has 0 radical (unpaired) electrons. The van der Waals surface area contributed by atoms with E-state index in [2.05, 4.69) is 10.5 Å². The highest BCUT2D eigenvalue weighted by Crippen LogP contribution is 2.28. The zero-order chi connectivity index (χ0) is 20.9. The highest BCUT2D eigenvalue weighted by Gasteiger charge is 2.21. The zero-order valence-electron chi connectivity index (χ0n) is 14.5. The molecule has 0 heterocycles. The fraction of sp³-hybridized carbons (Fsp3) is 0.118. The summed E-state index contributed by atoms with van der Waals surface area (Å²) in [5.41, 5.74) is 3.06. The van der Waals surface area contributed by atoms with E-state index >= 15 is 0 Å². The number of amides is 1. The summed E-state index contributed by atoms with van der Waals surface area (Å²) in [6.45, 7) is -0.522. The predicted molar refractivity (Wildman–Crippen MR) is 108 cm³/mol. The molecular weight excluding hydrogens is 429 g/mol. The van der Waals surface area contributed by atoms with Crippen molar-refractivity contribution in [3.05, 3.63) is 63.6 Å². The van der Waals surface area contributed by atoms with Crippen LogP contribution in [0.2, 0.25) is 10.0 Å². The number of hydrazone groups is 1. The van der Waals surface area contributed by atoms with Gasteiger partial charge in [0.25, 0.3) is 5.91 Å². The van der Waals surface area contributed by atoms with Crippen molar-refractivity contribution in [2.45, 2.75) is 0 Å². The number of anilines is 1. The Bertz CT molecular complexity index is 1020. The third-order valence-electron chi connectivity index (χ3n) is 3.44. The first-order valence-corrected chi connectivity index (χ1v) is 10.3. The van der Waals surface area contributed by atoms with Gasteiger partial charge in [-0.3, -0.25) is 9.10 Å². The molecule has 0 aliphatic rings. The van der Waals surface area contributed by atoms with E-state index in [-0.39, 0.29) is 21.3 Å². The standard InChI is InChI=1S/C17H15Cl2N3O5S/c1-28(26,27)22(13-6-7-14(18)15(19)8-13)10-16(23)21-20-9-11-2-4-12(5-3-11)17(24)25/h2-9H,10H2,1H3,(H,21,23)(H,24,25)/b20-9-. The Kier molecular flexibility index (Phi) is 7.00. The van der Waals surface area contributed by atoms with Gasteiger partial charge < -0.3 is 5.11 Å². The fourth-order valence-electron chi connectivity index (χ4n) is 2.10. The molecule has 11 heteroatoms. The third kappa shape index (κ3) is 5.95. The van der Waals surface area contributed by atoms with E-state index in [9.17, 15) is 18.0 Å². The number of carboxylic acid groups (broad SMARTS) is 1. The van der Waals surface area contributed by atoms with E-state index in [1.807, 2.05) is 0 Å². The SMILES string of the molecule is CS(=O)(=O)N(CC(=O)N/N=C\c1ccc(C(=O)O)cc1)c1ccc(Cl)c(Cl)c1. The van der Waals surface area contributed by atoms with Crippen LogP contribution in [0.25, 0.3) is 0 Å². The van der Waals surface area contributed by atoms with Crippen molar-refractivity contribution in [1.82, 2.24) is 5.43 Å². The number of nitrogens with zero attached hydrogens (tertiary/aromatic N) is 2. The van der Waals surface area contributed by atoms with Gasteiger partial charge in [0.1, 0.15) is 6.54 Å². The van der Waals surface area contributed by atoms with Crippen LogP contribution in [0.15, 0.2) is 47.6 Å². The highest BCUT2D eigenvalue weighted by molar-refractivity contribution is 7.92. The monoisotopic (exact) mass is 443 g/mol. The Morgan fingerprint density at radius 1 is 1.14 bits per heavy atom. The summed E-state index contributed by atoms with van der Waals surface area (Å²) in [5.74, 6) is -1.74. The smallest absolute Gasteiger partial charge is 0.335 e. The third-order valence-corrected chi connectivity index (χ3v) is 5.32. The van der Waals surface area contributed by atoms with Gasteiger partial charge in [-0.25, -0.2) is 18.6 Å². The summed E-state index contributed by atoms with van der Waals surface area (Å²) in [5, 5.41) is 13.0. The van der Waals surface area contributed by atoms with Crippen LogP contribution in [-0.4, -0.2) is 44.4 Å². The van der Waals surface area contributed by atoms with Crippen LogP contribution in [0.4, 0.5) is 5.69 Å². The molecule has 0 aromatic heterocycles. The van der Waals surface area contributed by atoms with Crippen molar-refractivity contribution in [3.63, 3.8) is 0 Å². The number of halogens is 2. The average molecular weight is 444 g/mol. The number of aromatic carboxylic acids is 1. The van der Waals surface area contributed by atoms with E-state index < -0.39 is 28.4 Å². The molecule has 0 saturated carbocycles. The number of nitrogens with one attached hydrogen (secondary N) is 1. The molecule has 1 amide bonds. The minimum atomic E-state index is -3.77. The molecule has 0 unspecified atom stereocenters. The second-order valence-corrected chi connectivity index (χ2v) is 8.31. The number of hydrogen-bond donors (Lipinski definition) is 2. The summed E-state index contributed by atoms with van der Waals surface area (Å²) >= 11 is 11.7. The van der Waals surface area contributed by atoms with Crippen LogP contribution < -0.4 is 9.73 Å². The van der Waals surface area contributed by atoms with Crippen molar-refractivity contribution in [1.29, 1.82) is 0 Å². The van der Waals surface area contributed by atoms with Gasteiger partial charge in [0.05, 0.1) is 33.8 Å². The maximum Gasteiger partial charge on any atom is 0.335 e. The Labute approximate surface area is 171 Å². The molecule has 28 heavy (non-hydrogen) atoms. The molecule has 2 aromatic carbocycles. The maximum atomic E-state index is 12.1. The van der Waals surface area contributed by atoms with Crippen LogP contribution in [0.3, 0.4) is 0 Å². The van der Waals surface area contributed by atoms with Gasteiger partial charge in [-0.2, -0.15) is 5.10 Å². The molecule has 2 aromatic rings. The van der Waals surface area contributed by atoms with Crippen molar-refractivity contribution < 1.29 is 23.1 Å². The summed E-state index contributed by atoms with van der Waals surface area (Å²) in [6, 6.07) is 9.99. The summed E-state index contributed by atoms with van der Waals surface area (Å²) in [7, 11) is -3.77. The van der Waals surface area contributed by atoms with Crippen LogP contribution in [-0.2, 0) is 14.8 Å². The number of sulfonamides is 1. The fourth-order valence-corrected chi connectivity index (χ4v) is 3.24. The normalized spacial score (nSPS) is 11.4. The van der Waals surface area contributed by atoms with E-state index in [0.717, 1.165) is 10.6 Å². The Hall–Kier alpha value is -2.62. The number of rotatable bonds is 7. The lowest BCUT2D eigenvalue weighted by atomic mass is 10.1. The molecule has 0 bridgehead atoms. The van der Waals surface area contributed by atoms with Crippen LogP contribution >= 0.6 is 23.2 Å². The summed E-state index contributed by atoms with van der Waals surface area (Å²) in [4.78, 5) is 22.9. The van der Waals surface area contributed by atoms with Gasteiger partial charge in [-0.15, -0.1) is 0 Å². The molecule has 148 valence electrons. The minimum absolute atomic E-state index is 0.117. The molecule has 0 aliphatic heterocycles. The highest BCUT2D eigenvalue weighted by atomic mass is 35.5. The maximum absolute atomic E-state index is 12.1. The molecule has 0 saturated heterocycles. The van der Waals surface area contributed by atoms with Gasteiger partial charge in [0.2, 0.25) is 10.0 Å². The predicted octanol–water partition coefficient (Wildman–Crippen LogP) is 2.61.